The molecule has 4 aromatic carbocycles. The predicted molar refractivity (Wildman–Crippen MR) is 228 cm³/mol. The third-order valence-electron chi connectivity index (χ3n) is 11.0. The molecule has 59 heavy (non-hydrogen) atoms. The van der Waals surface area contributed by atoms with E-state index in [2.05, 4.69) is 34.7 Å². The van der Waals surface area contributed by atoms with Crippen LogP contribution in [0.2, 0.25) is 0 Å². The fourth-order valence-electron chi connectivity index (χ4n) is 8.12. The normalized spacial score (nSPS) is 32.6. The van der Waals surface area contributed by atoms with Gasteiger partial charge in [0.2, 0.25) is 0 Å². The maximum absolute atomic E-state index is 14.6. The third-order valence-corrected chi connectivity index (χ3v) is 13.0. The van der Waals surface area contributed by atoms with E-state index < -0.39 is 73.0 Å². The number of hydrogen-bond donors (Lipinski definition) is 0. The lowest BCUT2D eigenvalue weighted by Gasteiger charge is -2.52. The average Bonchev–Trinajstić information content (AvgIpc) is 3.59. The van der Waals surface area contributed by atoms with Gasteiger partial charge < -0.3 is 47.4 Å². The lowest BCUT2D eigenvalue weighted by molar-refractivity contribution is -0.402. The van der Waals surface area contributed by atoms with Gasteiger partial charge in [0.25, 0.3) is 10.9 Å². The number of carbonyl (C=O) groups excluding carboxylic acids is 1. The standard InChI is InChI=1S/C46H51IO11S/c1-29-36(39-41(42(49-4)53-29)57-45(2,3)56-39)55-43-40(51-27-31-18-10-6-11-19-31)38(50-26-30-16-8-5-9-17-30)37-35(54-43)28-52-46(58-37,33-21-12-7-13-22-33)44(48)59-25-24-32-20-14-15-23-34(32)47/h5-23,29,35-43H,24-28H2,1-4H3/t29-,35+,36-,37+,38-,39+,40-,41+,42+,43-,46-/m0/s1. The smallest absolute Gasteiger partial charge is 0.267 e. The molecule has 0 amide bonds. The van der Waals surface area contributed by atoms with Crippen molar-refractivity contribution in [2.75, 3.05) is 19.5 Å². The number of benzene rings is 4. The zero-order valence-electron chi connectivity index (χ0n) is 33.6. The Hall–Kier alpha value is -2.77. The van der Waals surface area contributed by atoms with Crippen molar-refractivity contribution in [2.45, 2.75) is 113 Å². The number of halogens is 1. The summed E-state index contributed by atoms with van der Waals surface area (Å²) in [5.41, 5.74) is 3.67. The molecule has 0 radical (unpaired) electrons. The molecule has 11 atom stereocenters. The van der Waals surface area contributed by atoms with Crippen LogP contribution in [0.4, 0.5) is 0 Å². The summed E-state index contributed by atoms with van der Waals surface area (Å²) < 4.78 is 67.1. The highest BCUT2D eigenvalue weighted by molar-refractivity contribution is 14.1. The Morgan fingerprint density at radius 3 is 2.00 bits per heavy atom. The van der Waals surface area contributed by atoms with Crippen molar-refractivity contribution in [3.8, 4) is 0 Å². The number of ether oxygens (including phenoxy) is 10. The van der Waals surface area contributed by atoms with Crippen molar-refractivity contribution in [2.24, 2.45) is 0 Å². The van der Waals surface area contributed by atoms with Crippen molar-refractivity contribution in [1.82, 2.24) is 0 Å². The second-order valence-electron chi connectivity index (χ2n) is 15.5. The van der Waals surface area contributed by atoms with Crippen LogP contribution in [0.1, 0.15) is 43.0 Å². The van der Waals surface area contributed by atoms with Gasteiger partial charge in [-0.1, -0.05) is 121 Å². The minimum atomic E-state index is -1.75. The largest absolute Gasteiger partial charge is 0.368 e. The summed E-state index contributed by atoms with van der Waals surface area (Å²) in [6, 6.07) is 37.4. The fourth-order valence-corrected chi connectivity index (χ4v) is 9.70. The van der Waals surface area contributed by atoms with Gasteiger partial charge in [-0.3, -0.25) is 4.79 Å². The van der Waals surface area contributed by atoms with E-state index in [9.17, 15) is 4.79 Å². The van der Waals surface area contributed by atoms with E-state index in [1.165, 1.54) is 17.3 Å². The van der Waals surface area contributed by atoms with Crippen LogP contribution in [-0.2, 0) is 77.6 Å². The van der Waals surface area contributed by atoms with Gasteiger partial charge in [0.15, 0.2) is 18.4 Å². The zero-order valence-corrected chi connectivity index (χ0v) is 36.5. The molecule has 314 valence electrons. The van der Waals surface area contributed by atoms with Crippen molar-refractivity contribution >= 4 is 39.5 Å². The highest BCUT2D eigenvalue weighted by Crippen LogP contribution is 2.45. The van der Waals surface area contributed by atoms with Crippen LogP contribution < -0.4 is 0 Å². The van der Waals surface area contributed by atoms with Crippen molar-refractivity contribution in [3.05, 3.63) is 141 Å². The highest BCUT2D eigenvalue weighted by atomic mass is 127. The molecule has 4 aliphatic rings. The van der Waals surface area contributed by atoms with Crippen LogP contribution in [0.15, 0.2) is 115 Å². The number of aryl methyl sites for hydroxylation is 1. The molecule has 4 fully saturated rings. The average molecular weight is 939 g/mol. The summed E-state index contributed by atoms with van der Waals surface area (Å²) in [6.07, 6.45) is -6.34. The van der Waals surface area contributed by atoms with Gasteiger partial charge in [0.05, 0.1) is 25.9 Å². The molecule has 0 aliphatic carbocycles. The van der Waals surface area contributed by atoms with Gasteiger partial charge in [0, 0.05) is 22.0 Å². The maximum Gasteiger partial charge on any atom is 0.267 e. The van der Waals surface area contributed by atoms with Crippen LogP contribution in [0, 0.1) is 3.57 Å². The molecular weight excluding hydrogens is 887 g/mol. The Kier molecular flexibility index (Phi) is 13.9. The van der Waals surface area contributed by atoms with Gasteiger partial charge in [-0.2, -0.15) is 0 Å². The fraction of sp³-hybridized carbons (Fsp3) is 0.457. The van der Waals surface area contributed by atoms with Crippen molar-refractivity contribution < 1.29 is 52.2 Å². The topological polar surface area (TPSA) is 109 Å². The summed E-state index contributed by atoms with van der Waals surface area (Å²) in [7, 11) is 1.59. The molecule has 4 heterocycles. The van der Waals surface area contributed by atoms with Crippen LogP contribution in [-0.4, -0.2) is 91.8 Å². The molecule has 0 spiro atoms. The first-order valence-electron chi connectivity index (χ1n) is 20.1. The van der Waals surface area contributed by atoms with E-state index in [1.807, 2.05) is 124 Å². The first-order chi connectivity index (χ1) is 28.6. The predicted octanol–water partition coefficient (Wildman–Crippen LogP) is 7.55. The molecule has 0 N–H and O–H groups in total. The molecule has 4 saturated heterocycles. The quantitative estimate of drug-likeness (QED) is 0.117. The third kappa shape index (κ3) is 9.67. The Labute approximate surface area is 363 Å². The van der Waals surface area contributed by atoms with Crippen LogP contribution in [0.25, 0.3) is 0 Å². The number of hydrogen-bond acceptors (Lipinski definition) is 12. The van der Waals surface area contributed by atoms with Gasteiger partial charge in [-0.15, -0.1) is 0 Å². The minimum Gasteiger partial charge on any atom is -0.368 e. The van der Waals surface area contributed by atoms with E-state index in [0.717, 1.165) is 14.7 Å². The summed E-state index contributed by atoms with van der Waals surface area (Å²) in [5, 5.41) is -0.261. The minimum absolute atomic E-state index is 0.0140. The lowest BCUT2D eigenvalue weighted by Crippen LogP contribution is -2.68. The summed E-state index contributed by atoms with van der Waals surface area (Å²) in [6.45, 7) is 6.12. The molecule has 0 aromatic heterocycles. The molecule has 4 aliphatic heterocycles. The Morgan fingerprint density at radius 1 is 0.729 bits per heavy atom. The SMILES string of the molecule is CO[C@@H]1O[C@@H](C)[C@H](O[C@@H]2O[C@@H]3CO[C@@](C(=O)SCCc4ccccc4I)(c4ccccc4)O[C@H]3[C@H](OCc3ccccc3)[C@@H]2OCc2ccccc2)[C@H]2OC(C)(C)O[C@@H]12. The molecule has 11 nitrogen and oxygen atoms in total. The molecule has 0 unspecified atom stereocenters. The first-order valence-corrected chi connectivity index (χ1v) is 22.1. The Morgan fingerprint density at radius 2 is 1.34 bits per heavy atom. The second kappa shape index (κ2) is 19.1. The monoisotopic (exact) mass is 938 g/mol. The molecule has 0 saturated carbocycles. The number of methoxy groups -OCH3 is 1. The lowest BCUT2D eigenvalue weighted by atomic mass is 9.94. The first kappa shape index (κ1) is 42.9. The molecular formula is C46H51IO11S. The van der Waals surface area contributed by atoms with Crippen molar-refractivity contribution in [1.29, 1.82) is 0 Å². The zero-order chi connectivity index (χ0) is 41.0. The van der Waals surface area contributed by atoms with Crippen LogP contribution in [0.3, 0.4) is 0 Å². The number of fused-ring (bicyclic) bond motifs is 2. The number of thioether (sulfide) groups is 1. The van der Waals surface area contributed by atoms with E-state index in [4.69, 9.17) is 47.4 Å². The van der Waals surface area contributed by atoms with Gasteiger partial charge in [-0.05, 0) is 72.5 Å². The Balaban J connectivity index is 1.13. The highest BCUT2D eigenvalue weighted by Gasteiger charge is 2.61. The maximum atomic E-state index is 14.6. The van der Waals surface area contributed by atoms with Crippen LogP contribution >= 0.6 is 34.4 Å². The van der Waals surface area contributed by atoms with E-state index in [-0.39, 0.29) is 24.9 Å². The van der Waals surface area contributed by atoms with E-state index >= 15 is 0 Å². The van der Waals surface area contributed by atoms with E-state index in [1.54, 1.807) is 7.11 Å². The molecule has 13 heteroatoms. The summed E-state index contributed by atoms with van der Waals surface area (Å²) >= 11 is 3.53. The van der Waals surface area contributed by atoms with Crippen molar-refractivity contribution in [3.63, 3.8) is 0 Å². The second-order valence-corrected chi connectivity index (χ2v) is 17.8. The molecule has 0 bridgehead atoms. The van der Waals surface area contributed by atoms with Gasteiger partial charge >= 0.3 is 0 Å². The summed E-state index contributed by atoms with van der Waals surface area (Å²) in [5.74, 6) is -2.12. The van der Waals surface area contributed by atoms with Crippen LogP contribution in [0.5, 0.6) is 0 Å². The Bertz CT molecular complexity index is 1980. The van der Waals surface area contributed by atoms with Gasteiger partial charge in [-0.25, -0.2) is 0 Å². The van der Waals surface area contributed by atoms with Gasteiger partial charge in [0.1, 0.15) is 42.7 Å². The molecule has 4 aromatic rings. The number of rotatable bonds is 14. The summed E-state index contributed by atoms with van der Waals surface area (Å²) in [4.78, 5) is 14.6. The number of carbonyl (C=O) groups is 1. The molecule has 8 rings (SSSR count). The van der Waals surface area contributed by atoms with E-state index in [0.29, 0.717) is 17.7 Å².